The smallest absolute Gasteiger partial charge is 0.264 e. The summed E-state index contributed by atoms with van der Waals surface area (Å²) in [4.78, 5) is 14.8. The molecule has 2 aromatic rings. The van der Waals surface area contributed by atoms with Gasteiger partial charge in [-0.05, 0) is 62.6 Å². The number of anilines is 1. The minimum atomic E-state index is -3.77. The Bertz CT molecular complexity index is 941. The Labute approximate surface area is 166 Å². The van der Waals surface area contributed by atoms with Gasteiger partial charge in [0.15, 0.2) is 0 Å². The van der Waals surface area contributed by atoms with Gasteiger partial charge in [0.2, 0.25) is 0 Å². The highest BCUT2D eigenvalue weighted by Crippen LogP contribution is 2.31. The Balaban J connectivity index is 1.84. The molecule has 150 valence electrons. The van der Waals surface area contributed by atoms with Crippen molar-refractivity contribution in [1.82, 2.24) is 4.90 Å². The van der Waals surface area contributed by atoms with Gasteiger partial charge in [0.25, 0.3) is 15.9 Å². The number of carbonyl (C=O) groups excluding carboxylic acids is 1. The molecule has 7 heteroatoms. The molecule has 0 saturated carbocycles. The average molecular weight is 403 g/mol. The van der Waals surface area contributed by atoms with E-state index in [1.165, 1.54) is 30.6 Å². The van der Waals surface area contributed by atoms with E-state index >= 15 is 0 Å². The predicted octanol–water partition coefficient (Wildman–Crippen LogP) is 3.53. The number of carbonyl (C=O) groups is 1. The van der Waals surface area contributed by atoms with Gasteiger partial charge in [-0.2, -0.15) is 0 Å². The highest BCUT2D eigenvalue weighted by molar-refractivity contribution is 7.92. The summed E-state index contributed by atoms with van der Waals surface area (Å²) in [7, 11) is -0.785. The van der Waals surface area contributed by atoms with Gasteiger partial charge in [0, 0.05) is 25.2 Å². The summed E-state index contributed by atoms with van der Waals surface area (Å²) in [5.74, 6) is 0.425. The number of amides is 1. The van der Waals surface area contributed by atoms with Crippen molar-refractivity contribution in [3.05, 3.63) is 54.1 Å². The molecule has 28 heavy (non-hydrogen) atoms. The fourth-order valence-corrected chi connectivity index (χ4v) is 4.72. The first-order valence-electron chi connectivity index (χ1n) is 9.39. The summed E-state index contributed by atoms with van der Waals surface area (Å²) in [6, 6.07) is 13.3. The van der Waals surface area contributed by atoms with Crippen LogP contribution in [-0.2, 0) is 10.0 Å². The summed E-state index contributed by atoms with van der Waals surface area (Å²) in [5.41, 5.74) is 0.958. The van der Waals surface area contributed by atoms with Gasteiger partial charge in [-0.3, -0.25) is 9.10 Å². The van der Waals surface area contributed by atoms with Crippen molar-refractivity contribution in [3.63, 3.8) is 0 Å². The van der Waals surface area contributed by atoms with Crippen LogP contribution in [0.3, 0.4) is 0 Å². The highest BCUT2D eigenvalue weighted by Gasteiger charge is 2.26. The zero-order chi connectivity index (χ0) is 20.3. The van der Waals surface area contributed by atoms with Crippen LogP contribution in [0.1, 0.15) is 36.5 Å². The van der Waals surface area contributed by atoms with Gasteiger partial charge >= 0.3 is 0 Å². The van der Waals surface area contributed by atoms with Crippen LogP contribution in [0.25, 0.3) is 0 Å². The number of hydrogen-bond donors (Lipinski definition) is 0. The topological polar surface area (TPSA) is 66.9 Å². The molecular weight excluding hydrogens is 376 g/mol. The number of likely N-dealkylation sites (tertiary alicyclic amines) is 1. The van der Waals surface area contributed by atoms with Crippen LogP contribution in [-0.4, -0.2) is 46.0 Å². The standard InChI is InChI=1S/C21H26N2O4S/c1-16-8-6-7-15-23(16)21(24)17-11-13-18(14-12-17)28(25,26)22(2)19-9-4-5-10-20(19)27-3/h4-5,9-14,16H,6-8,15H2,1-3H3. The van der Waals surface area contributed by atoms with Gasteiger partial charge in [-0.15, -0.1) is 0 Å². The number of nitrogens with zero attached hydrogens (tertiary/aromatic N) is 2. The quantitative estimate of drug-likeness (QED) is 0.767. The normalized spacial score (nSPS) is 17.2. The van der Waals surface area contributed by atoms with E-state index in [2.05, 4.69) is 6.92 Å². The third-order valence-electron chi connectivity index (χ3n) is 5.25. The summed E-state index contributed by atoms with van der Waals surface area (Å²) in [6.45, 7) is 2.80. The number of piperidine rings is 1. The summed E-state index contributed by atoms with van der Waals surface area (Å²) in [6.07, 6.45) is 3.14. The lowest BCUT2D eigenvalue weighted by Gasteiger charge is -2.33. The fraction of sp³-hybridized carbons (Fsp3) is 0.381. The third-order valence-corrected chi connectivity index (χ3v) is 7.03. The monoisotopic (exact) mass is 402 g/mol. The third kappa shape index (κ3) is 3.85. The molecule has 1 fully saturated rings. The highest BCUT2D eigenvalue weighted by atomic mass is 32.2. The summed E-state index contributed by atoms with van der Waals surface area (Å²) < 4.78 is 32.5. The molecule has 0 N–H and O–H groups in total. The van der Waals surface area contributed by atoms with Crippen molar-refractivity contribution in [3.8, 4) is 5.75 Å². The molecule has 0 aliphatic carbocycles. The van der Waals surface area contributed by atoms with E-state index in [0.717, 1.165) is 25.8 Å². The van der Waals surface area contributed by atoms with Gasteiger partial charge < -0.3 is 9.64 Å². The first-order chi connectivity index (χ1) is 13.4. The van der Waals surface area contributed by atoms with E-state index in [1.54, 1.807) is 36.4 Å². The number of methoxy groups -OCH3 is 1. The van der Waals surface area contributed by atoms with Crippen LogP contribution < -0.4 is 9.04 Å². The van der Waals surface area contributed by atoms with Gasteiger partial charge in [-0.1, -0.05) is 12.1 Å². The fourth-order valence-electron chi connectivity index (χ4n) is 3.51. The molecule has 1 atom stereocenters. The van der Waals surface area contributed by atoms with E-state index < -0.39 is 10.0 Å². The van der Waals surface area contributed by atoms with Crippen molar-refractivity contribution in [2.45, 2.75) is 37.1 Å². The molecule has 0 bridgehead atoms. The second kappa shape index (κ2) is 8.22. The van der Waals surface area contributed by atoms with Crippen LogP contribution in [0.4, 0.5) is 5.69 Å². The second-order valence-corrected chi connectivity index (χ2v) is 8.98. The summed E-state index contributed by atoms with van der Waals surface area (Å²) >= 11 is 0. The molecule has 6 nitrogen and oxygen atoms in total. The van der Waals surface area contributed by atoms with Crippen molar-refractivity contribution in [1.29, 1.82) is 0 Å². The maximum atomic E-state index is 13.0. The Hall–Kier alpha value is -2.54. The Morgan fingerprint density at radius 1 is 1.11 bits per heavy atom. The summed E-state index contributed by atoms with van der Waals surface area (Å²) in [5, 5.41) is 0. The predicted molar refractivity (Wildman–Crippen MR) is 109 cm³/mol. The number of hydrogen-bond acceptors (Lipinski definition) is 4. The molecule has 2 aromatic carbocycles. The minimum absolute atomic E-state index is 0.0470. The second-order valence-electron chi connectivity index (χ2n) is 7.01. The van der Waals surface area contributed by atoms with E-state index in [1.807, 2.05) is 4.90 Å². The molecular formula is C21H26N2O4S. The molecule has 0 spiro atoms. The van der Waals surface area contributed by atoms with Crippen LogP contribution in [0, 0.1) is 0 Å². The van der Waals surface area contributed by atoms with E-state index in [4.69, 9.17) is 4.74 Å². The number of ether oxygens (including phenoxy) is 1. The lowest BCUT2D eigenvalue weighted by atomic mass is 10.0. The SMILES string of the molecule is COc1ccccc1N(C)S(=O)(=O)c1ccc(C(=O)N2CCCCC2C)cc1. The zero-order valence-corrected chi connectivity index (χ0v) is 17.3. The van der Waals surface area contributed by atoms with Crippen LogP contribution in [0.5, 0.6) is 5.75 Å². The first-order valence-corrected chi connectivity index (χ1v) is 10.8. The molecule has 1 unspecified atom stereocenters. The number of rotatable bonds is 5. The Morgan fingerprint density at radius 2 is 1.79 bits per heavy atom. The van der Waals surface area contributed by atoms with E-state index in [-0.39, 0.29) is 16.8 Å². The number of sulfonamides is 1. The van der Waals surface area contributed by atoms with Crippen molar-refractivity contribution >= 4 is 21.6 Å². The van der Waals surface area contributed by atoms with E-state index in [9.17, 15) is 13.2 Å². The van der Waals surface area contributed by atoms with Gasteiger partial charge in [0.05, 0.1) is 17.7 Å². The van der Waals surface area contributed by atoms with Crippen molar-refractivity contribution in [2.24, 2.45) is 0 Å². The molecule has 3 rings (SSSR count). The molecule has 1 saturated heterocycles. The largest absolute Gasteiger partial charge is 0.495 e. The lowest BCUT2D eigenvalue weighted by Crippen LogP contribution is -2.42. The van der Waals surface area contributed by atoms with Gasteiger partial charge in [-0.25, -0.2) is 8.42 Å². The molecule has 1 aliphatic rings. The molecule has 0 aromatic heterocycles. The van der Waals surface area contributed by atoms with Crippen molar-refractivity contribution < 1.29 is 17.9 Å². The maximum Gasteiger partial charge on any atom is 0.264 e. The van der Waals surface area contributed by atoms with Crippen LogP contribution in [0.15, 0.2) is 53.4 Å². The average Bonchev–Trinajstić information content (AvgIpc) is 2.73. The Kier molecular flexibility index (Phi) is 5.93. The molecule has 1 aliphatic heterocycles. The zero-order valence-electron chi connectivity index (χ0n) is 16.5. The Morgan fingerprint density at radius 3 is 2.43 bits per heavy atom. The molecule has 1 heterocycles. The molecule has 0 radical (unpaired) electrons. The van der Waals surface area contributed by atoms with Crippen LogP contribution >= 0.6 is 0 Å². The first kappa shape index (κ1) is 20.2. The number of para-hydroxylation sites is 2. The minimum Gasteiger partial charge on any atom is -0.495 e. The van der Waals surface area contributed by atoms with Gasteiger partial charge in [0.1, 0.15) is 5.75 Å². The lowest BCUT2D eigenvalue weighted by molar-refractivity contribution is 0.0635. The van der Waals surface area contributed by atoms with E-state index in [0.29, 0.717) is 17.0 Å². The molecule has 1 amide bonds. The van der Waals surface area contributed by atoms with Crippen LogP contribution in [0.2, 0.25) is 0 Å². The number of benzene rings is 2. The van der Waals surface area contributed by atoms with Crippen molar-refractivity contribution in [2.75, 3.05) is 25.0 Å². The maximum absolute atomic E-state index is 13.0.